The molecule has 2 heterocycles. The summed E-state index contributed by atoms with van der Waals surface area (Å²) in [6.07, 6.45) is -2.74. The largest absolute Gasteiger partial charge is 0.451 e. The minimum Gasteiger partial charge on any atom is -0.348 e. The van der Waals surface area contributed by atoms with Crippen LogP contribution in [-0.2, 0) is 12.7 Å². The molecule has 1 N–H and O–H groups in total. The predicted octanol–water partition coefficient (Wildman–Crippen LogP) is 4.35. The Morgan fingerprint density at radius 3 is 2.25 bits per heavy atom. The van der Waals surface area contributed by atoms with Gasteiger partial charge in [-0.1, -0.05) is 0 Å². The minimum absolute atomic E-state index is 0.00111. The number of hydrogen-bond donors (Lipinski definition) is 1. The van der Waals surface area contributed by atoms with Crippen LogP contribution in [0.3, 0.4) is 0 Å². The van der Waals surface area contributed by atoms with Crippen LogP contribution in [0.4, 0.5) is 22.0 Å². The van der Waals surface area contributed by atoms with E-state index >= 15 is 0 Å². The van der Waals surface area contributed by atoms with Crippen LogP contribution in [0.2, 0.25) is 0 Å². The quantitative estimate of drug-likeness (QED) is 0.661. The van der Waals surface area contributed by atoms with Crippen LogP contribution in [0, 0.1) is 11.6 Å². The first-order chi connectivity index (χ1) is 13.2. The van der Waals surface area contributed by atoms with Crippen LogP contribution in [0.15, 0.2) is 42.7 Å². The third-order valence-corrected chi connectivity index (χ3v) is 4.37. The van der Waals surface area contributed by atoms with Crippen LogP contribution in [-0.4, -0.2) is 15.9 Å². The van der Waals surface area contributed by atoms with E-state index in [4.69, 9.17) is 0 Å². The highest BCUT2D eigenvalue weighted by molar-refractivity contribution is 6.01. The van der Waals surface area contributed by atoms with Gasteiger partial charge in [-0.05, 0) is 41.0 Å². The predicted molar refractivity (Wildman–Crippen MR) is 89.0 cm³/mol. The molecule has 2 aromatic carbocycles. The SMILES string of the molecule is O=C1NCc2cc(-c3cnc(C(F)(F)F)nc3)c(-c3ccc(F)cc3F)cc21. The van der Waals surface area contributed by atoms with Gasteiger partial charge in [0.25, 0.3) is 5.91 Å². The summed E-state index contributed by atoms with van der Waals surface area (Å²) in [5.41, 5.74) is 1.67. The van der Waals surface area contributed by atoms with Gasteiger partial charge in [-0.15, -0.1) is 0 Å². The molecule has 4 rings (SSSR count). The zero-order chi connectivity index (χ0) is 20.1. The molecule has 1 aliphatic heterocycles. The number of aromatic nitrogens is 2. The Morgan fingerprint density at radius 2 is 1.61 bits per heavy atom. The van der Waals surface area contributed by atoms with Gasteiger partial charge in [0.15, 0.2) is 0 Å². The zero-order valence-corrected chi connectivity index (χ0v) is 13.9. The van der Waals surface area contributed by atoms with Crippen molar-refractivity contribution in [1.82, 2.24) is 15.3 Å². The average Bonchev–Trinajstić information content (AvgIpc) is 3.00. The Bertz CT molecular complexity index is 1090. The molecule has 0 radical (unpaired) electrons. The molecule has 142 valence electrons. The normalized spacial score (nSPS) is 13.4. The first kappa shape index (κ1) is 18.0. The summed E-state index contributed by atoms with van der Waals surface area (Å²) < 4.78 is 65.8. The molecular formula is C19H10F5N3O. The van der Waals surface area contributed by atoms with E-state index in [1.54, 1.807) is 6.07 Å². The maximum absolute atomic E-state index is 14.4. The summed E-state index contributed by atoms with van der Waals surface area (Å²) in [7, 11) is 0. The summed E-state index contributed by atoms with van der Waals surface area (Å²) >= 11 is 0. The lowest BCUT2D eigenvalue weighted by atomic mass is 9.91. The molecule has 0 spiro atoms. The van der Waals surface area contributed by atoms with Crippen molar-refractivity contribution in [2.24, 2.45) is 0 Å². The lowest BCUT2D eigenvalue weighted by Crippen LogP contribution is -2.12. The number of nitrogens with zero attached hydrogens (tertiary/aromatic N) is 2. The Kier molecular flexibility index (Phi) is 4.10. The number of carbonyl (C=O) groups is 1. The number of nitrogens with one attached hydrogen (secondary N) is 1. The van der Waals surface area contributed by atoms with Gasteiger partial charge >= 0.3 is 6.18 Å². The van der Waals surface area contributed by atoms with Crippen molar-refractivity contribution in [2.75, 3.05) is 0 Å². The topological polar surface area (TPSA) is 54.9 Å². The molecule has 0 atom stereocenters. The Balaban J connectivity index is 1.92. The fourth-order valence-corrected chi connectivity index (χ4v) is 3.06. The molecule has 28 heavy (non-hydrogen) atoms. The standard InChI is InChI=1S/C19H10F5N3O/c20-11-1-2-12(16(21)4-11)15-5-14-9(6-25-17(14)28)3-13(15)10-7-26-18(27-8-10)19(22,23)24/h1-5,7-8H,6H2,(H,25,28). The van der Waals surface area contributed by atoms with Crippen LogP contribution in [0.5, 0.6) is 0 Å². The molecule has 1 amide bonds. The third kappa shape index (κ3) is 3.08. The third-order valence-electron chi connectivity index (χ3n) is 4.37. The molecular weight excluding hydrogens is 381 g/mol. The van der Waals surface area contributed by atoms with E-state index in [0.717, 1.165) is 18.5 Å². The maximum Gasteiger partial charge on any atom is 0.451 e. The molecule has 1 aliphatic rings. The van der Waals surface area contributed by atoms with Crippen molar-refractivity contribution in [3.8, 4) is 22.3 Å². The van der Waals surface area contributed by atoms with Crippen LogP contribution < -0.4 is 5.32 Å². The van der Waals surface area contributed by atoms with E-state index in [9.17, 15) is 26.7 Å². The monoisotopic (exact) mass is 391 g/mol. The van der Waals surface area contributed by atoms with Crippen molar-refractivity contribution in [3.05, 3.63) is 71.3 Å². The number of hydrogen-bond acceptors (Lipinski definition) is 3. The van der Waals surface area contributed by atoms with Gasteiger partial charge in [-0.2, -0.15) is 13.2 Å². The van der Waals surface area contributed by atoms with Gasteiger partial charge < -0.3 is 5.32 Å². The number of amides is 1. The molecule has 0 unspecified atom stereocenters. The Morgan fingerprint density at radius 1 is 0.893 bits per heavy atom. The highest BCUT2D eigenvalue weighted by Crippen LogP contribution is 2.37. The van der Waals surface area contributed by atoms with Gasteiger partial charge in [0.2, 0.25) is 5.82 Å². The summed E-state index contributed by atoms with van der Waals surface area (Å²) in [6.45, 7) is 0.231. The van der Waals surface area contributed by atoms with E-state index in [2.05, 4.69) is 15.3 Å². The summed E-state index contributed by atoms with van der Waals surface area (Å²) in [6, 6.07) is 5.94. The average molecular weight is 391 g/mol. The first-order valence-corrected chi connectivity index (χ1v) is 8.04. The van der Waals surface area contributed by atoms with Crippen LogP contribution >= 0.6 is 0 Å². The van der Waals surface area contributed by atoms with Gasteiger partial charge in [0.1, 0.15) is 11.6 Å². The molecule has 0 bridgehead atoms. The molecule has 4 nitrogen and oxygen atoms in total. The van der Waals surface area contributed by atoms with Crippen molar-refractivity contribution < 1.29 is 26.7 Å². The van der Waals surface area contributed by atoms with Crippen molar-refractivity contribution in [3.63, 3.8) is 0 Å². The lowest BCUT2D eigenvalue weighted by Gasteiger charge is -2.13. The zero-order valence-electron chi connectivity index (χ0n) is 13.9. The van der Waals surface area contributed by atoms with Gasteiger partial charge in [0.05, 0.1) is 0 Å². The van der Waals surface area contributed by atoms with Crippen LogP contribution in [0.25, 0.3) is 22.3 Å². The van der Waals surface area contributed by atoms with E-state index in [1.165, 1.54) is 12.1 Å². The lowest BCUT2D eigenvalue weighted by molar-refractivity contribution is -0.144. The van der Waals surface area contributed by atoms with Gasteiger partial charge in [-0.25, -0.2) is 18.7 Å². The first-order valence-electron chi connectivity index (χ1n) is 8.04. The molecule has 3 aromatic rings. The second kappa shape index (κ2) is 6.36. The number of fused-ring (bicyclic) bond motifs is 1. The van der Waals surface area contributed by atoms with Crippen LogP contribution in [0.1, 0.15) is 21.7 Å². The van der Waals surface area contributed by atoms with E-state index < -0.39 is 23.6 Å². The number of halogens is 5. The second-order valence-electron chi connectivity index (χ2n) is 6.15. The Labute approximate surface area is 155 Å². The van der Waals surface area contributed by atoms with Crippen molar-refractivity contribution >= 4 is 5.91 Å². The van der Waals surface area contributed by atoms with Crippen molar-refractivity contribution in [1.29, 1.82) is 0 Å². The minimum atomic E-state index is -4.70. The fraction of sp³-hybridized carbons (Fsp3) is 0.105. The van der Waals surface area contributed by atoms with Crippen molar-refractivity contribution in [2.45, 2.75) is 12.7 Å². The second-order valence-corrected chi connectivity index (χ2v) is 6.15. The van der Waals surface area contributed by atoms with E-state index in [-0.39, 0.29) is 29.1 Å². The molecule has 0 saturated carbocycles. The molecule has 0 aliphatic carbocycles. The van der Waals surface area contributed by atoms with Gasteiger partial charge in [0, 0.05) is 41.7 Å². The molecule has 1 aromatic heterocycles. The molecule has 9 heteroatoms. The number of alkyl halides is 3. The summed E-state index contributed by atoms with van der Waals surface area (Å²) in [5.74, 6) is -3.30. The Hall–Kier alpha value is -3.36. The van der Waals surface area contributed by atoms with E-state index in [1.807, 2.05) is 0 Å². The smallest absolute Gasteiger partial charge is 0.348 e. The number of carbonyl (C=O) groups excluding carboxylic acids is 1. The highest BCUT2D eigenvalue weighted by Gasteiger charge is 2.34. The fourth-order valence-electron chi connectivity index (χ4n) is 3.06. The maximum atomic E-state index is 14.4. The van der Waals surface area contributed by atoms with Gasteiger partial charge in [-0.3, -0.25) is 4.79 Å². The highest BCUT2D eigenvalue weighted by atomic mass is 19.4. The van der Waals surface area contributed by atoms with E-state index in [0.29, 0.717) is 22.8 Å². The number of rotatable bonds is 2. The summed E-state index contributed by atoms with van der Waals surface area (Å²) in [5, 5.41) is 2.62. The summed E-state index contributed by atoms with van der Waals surface area (Å²) in [4.78, 5) is 18.6. The molecule has 0 fully saturated rings. The molecule has 0 saturated heterocycles. The number of benzene rings is 2.